The molecule has 2 N–H and O–H groups in total. The van der Waals surface area contributed by atoms with E-state index in [4.69, 9.17) is 4.74 Å². The topological polar surface area (TPSA) is 76.1 Å². The van der Waals surface area contributed by atoms with Gasteiger partial charge >= 0.3 is 0 Å². The molecule has 0 saturated heterocycles. The SMILES string of the molecule is CCc1cccc(CC)c1Nc1nnc(SCC(=O)NCc2cccc(OC)c2)s1. The Balaban J connectivity index is 1.53. The first kappa shape index (κ1) is 22.1. The van der Waals surface area contributed by atoms with Gasteiger partial charge in [-0.2, -0.15) is 0 Å². The molecule has 0 radical (unpaired) electrons. The maximum absolute atomic E-state index is 12.2. The van der Waals surface area contributed by atoms with Crippen molar-refractivity contribution in [2.75, 3.05) is 18.2 Å². The fourth-order valence-corrected chi connectivity index (χ4v) is 4.58. The lowest BCUT2D eigenvalue weighted by Crippen LogP contribution is -2.24. The summed E-state index contributed by atoms with van der Waals surface area (Å²) in [5.41, 5.74) is 4.63. The van der Waals surface area contributed by atoms with Crippen LogP contribution >= 0.6 is 23.1 Å². The lowest BCUT2D eigenvalue weighted by Gasteiger charge is -2.13. The molecule has 30 heavy (non-hydrogen) atoms. The Kier molecular flexibility index (Phi) is 8.10. The highest BCUT2D eigenvalue weighted by atomic mass is 32.2. The molecule has 0 aliphatic rings. The third kappa shape index (κ3) is 5.96. The van der Waals surface area contributed by atoms with Gasteiger partial charge in [0.2, 0.25) is 11.0 Å². The maximum Gasteiger partial charge on any atom is 0.230 e. The fraction of sp³-hybridized carbons (Fsp3) is 0.318. The van der Waals surface area contributed by atoms with Crippen molar-refractivity contribution in [3.63, 3.8) is 0 Å². The number of amides is 1. The summed E-state index contributed by atoms with van der Waals surface area (Å²) in [5, 5.41) is 15.5. The maximum atomic E-state index is 12.2. The minimum Gasteiger partial charge on any atom is -0.497 e. The summed E-state index contributed by atoms with van der Waals surface area (Å²) in [6.45, 7) is 4.75. The monoisotopic (exact) mass is 442 g/mol. The van der Waals surface area contributed by atoms with E-state index in [9.17, 15) is 4.79 Å². The predicted molar refractivity (Wildman–Crippen MR) is 124 cm³/mol. The first-order valence-corrected chi connectivity index (χ1v) is 11.7. The molecule has 0 unspecified atom stereocenters. The number of nitrogens with zero attached hydrogens (tertiary/aromatic N) is 2. The number of hydrogen-bond acceptors (Lipinski definition) is 7. The molecule has 158 valence electrons. The number of para-hydroxylation sites is 1. The molecule has 0 atom stereocenters. The van der Waals surface area contributed by atoms with Crippen LogP contribution < -0.4 is 15.4 Å². The highest BCUT2D eigenvalue weighted by molar-refractivity contribution is 8.01. The van der Waals surface area contributed by atoms with Crippen LogP contribution in [-0.2, 0) is 24.2 Å². The number of anilines is 2. The molecule has 1 aromatic heterocycles. The van der Waals surface area contributed by atoms with Crippen LogP contribution in [0.15, 0.2) is 46.8 Å². The number of thioether (sulfide) groups is 1. The molecule has 0 aliphatic heterocycles. The number of rotatable bonds is 10. The second-order valence-electron chi connectivity index (χ2n) is 6.57. The highest BCUT2D eigenvalue weighted by Gasteiger charge is 2.12. The van der Waals surface area contributed by atoms with Crippen molar-refractivity contribution < 1.29 is 9.53 Å². The van der Waals surface area contributed by atoms with Crippen molar-refractivity contribution in [3.05, 3.63) is 59.2 Å². The number of benzene rings is 2. The molecule has 2 aromatic carbocycles. The van der Waals surface area contributed by atoms with Gasteiger partial charge in [-0.3, -0.25) is 4.79 Å². The number of carbonyl (C=O) groups is 1. The van der Waals surface area contributed by atoms with Gasteiger partial charge in [-0.1, -0.05) is 67.3 Å². The van der Waals surface area contributed by atoms with Crippen molar-refractivity contribution in [2.45, 2.75) is 37.6 Å². The summed E-state index contributed by atoms with van der Waals surface area (Å²) in [7, 11) is 1.63. The summed E-state index contributed by atoms with van der Waals surface area (Å²) >= 11 is 2.85. The molecule has 0 aliphatic carbocycles. The summed E-state index contributed by atoms with van der Waals surface area (Å²) in [4.78, 5) is 12.2. The lowest BCUT2D eigenvalue weighted by atomic mass is 10.0. The predicted octanol–water partition coefficient (Wildman–Crippen LogP) is 4.82. The Morgan fingerprint density at radius 2 is 1.83 bits per heavy atom. The molecule has 1 amide bonds. The van der Waals surface area contributed by atoms with E-state index in [0.29, 0.717) is 12.3 Å². The van der Waals surface area contributed by atoms with Crippen LogP contribution in [0.3, 0.4) is 0 Å². The normalized spacial score (nSPS) is 10.6. The molecule has 6 nitrogen and oxygen atoms in total. The average Bonchev–Trinajstić information content (AvgIpc) is 3.24. The summed E-state index contributed by atoms with van der Waals surface area (Å²) in [5.74, 6) is 1.03. The molecule has 0 bridgehead atoms. The van der Waals surface area contributed by atoms with Crippen LogP contribution in [0.25, 0.3) is 0 Å². The molecule has 3 rings (SSSR count). The number of ether oxygens (including phenoxy) is 1. The second kappa shape index (κ2) is 11.0. The molecule has 1 heterocycles. The van der Waals surface area contributed by atoms with Crippen LogP contribution in [-0.4, -0.2) is 29.0 Å². The molecule has 0 saturated carbocycles. The number of hydrogen-bond donors (Lipinski definition) is 2. The zero-order valence-corrected chi connectivity index (χ0v) is 19.0. The van der Waals surface area contributed by atoms with Gasteiger partial charge in [-0.15, -0.1) is 10.2 Å². The fourth-order valence-electron chi connectivity index (χ4n) is 2.99. The van der Waals surface area contributed by atoms with E-state index in [1.807, 2.05) is 24.3 Å². The van der Waals surface area contributed by atoms with Crippen molar-refractivity contribution in [1.29, 1.82) is 0 Å². The number of aryl methyl sites for hydroxylation is 2. The van der Waals surface area contributed by atoms with E-state index in [-0.39, 0.29) is 5.91 Å². The second-order valence-corrected chi connectivity index (χ2v) is 8.77. The van der Waals surface area contributed by atoms with E-state index < -0.39 is 0 Å². The van der Waals surface area contributed by atoms with E-state index in [2.05, 4.69) is 52.9 Å². The van der Waals surface area contributed by atoms with Crippen LogP contribution in [0.5, 0.6) is 5.75 Å². The smallest absolute Gasteiger partial charge is 0.230 e. The average molecular weight is 443 g/mol. The first-order chi connectivity index (χ1) is 14.6. The van der Waals surface area contributed by atoms with Crippen LogP contribution in [0.4, 0.5) is 10.8 Å². The highest BCUT2D eigenvalue weighted by Crippen LogP contribution is 2.31. The molecule has 0 fully saturated rings. The van der Waals surface area contributed by atoms with Crippen molar-refractivity contribution in [3.8, 4) is 5.75 Å². The number of nitrogens with one attached hydrogen (secondary N) is 2. The van der Waals surface area contributed by atoms with Gasteiger partial charge in [0.25, 0.3) is 0 Å². The van der Waals surface area contributed by atoms with Gasteiger partial charge in [0, 0.05) is 12.2 Å². The lowest BCUT2D eigenvalue weighted by molar-refractivity contribution is -0.118. The van der Waals surface area contributed by atoms with Crippen molar-refractivity contribution in [2.24, 2.45) is 0 Å². The minimum absolute atomic E-state index is 0.0443. The largest absolute Gasteiger partial charge is 0.497 e. The Morgan fingerprint density at radius 1 is 1.10 bits per heavy atom. The van der Waals surface area contributed by atoms with E-state index in [1.165, 1.54) is 34.2 Å². The molecular formula is C22H26N4O2S2. The quantitative estimate of drug-likeness (QED) is 0.438. The Labute approximate surface area is 185 Å². The summed E-state index contributed by atoms with van der Waals surface area (Å²) < 4.78 is 5.97. The Bertz CT molecular complexity index is 969. The van der Waals surface area contributed by atoms with Gasteiger partial charge in [0.15, 0.2) is 4.34 Å². The third-order valence-electron chi connectivity index (χ3n) is 4.59. The molecule has 8 heteroatoms. The van der Waals surface area contributed by atoms with Gasteiger partial charge in [-0.25, -0.2) is 0 Å². The Hall–Kier alpha value is -2.58. The van der Waals surface area contributed by atoms with E-state index in [0.717, 1.165) is 39.3 Å². The first-order valence-electron chi connectivity index (χ1n) is 9.86. The summed E-state index contributed by atoms with van der Waals surface area (Å²) in [6, 6.07) is 14.0. The van der Waals surface area contributed by atoms with E-state index >= 15 is 0 Å². The van der Waals surface area contributed by atoms with Crippen molar-refractivity contribution in [1.82, 2.24) is 15.5 Å². The summed E-state index contributed by atoms with van der Waals surface area (Å²) in [6.07, 6.45) is 1.90. The molecule has 3 aromatic rings. The third-order valence-corrected chi connectivity index (χ3v) is 6.56. The number of aromatic nitrogens is 2. The Morgan fingerprint density at radius 3 is 2.53 bits per heavy atom. The standard InChI is InChI=1S/C22H26N4O2S2/c1-4-16-9-7-10-17(5-2)20(16)24-21-25-26-22(30-21)29-14-19(27)23-13-15-8-6-11-18(12-15)28-3/h6-12H,4-5,13-14H2,1-3H3,(H,23,27)(H,24,25). The molecule has 0 spiro atoms. The minimum atomic E-state index is -0.0443. The van der Waals surface area contributed by atoms with Gasteiger partial charge in [-0.05, 0) is 41.7 Å². The van der Waals surface area contributed by atoms with Gasteiger partial charge in [0.05, 0.1) is 12.9 Å². The van der Waals surface area contributed by atoms with Crippen LogP contribution in [0, 0.1) is 0 Å². The van der Waals surface area contributed by atoms with E-state index in [1.54, 1.807) is 7.11 Å². The molecular weight excluding hydrogens is 416 g/mol. The zero-order chi connectivity index (χ0) is 21.3. The zero-order valence-electron chi connectivity index (χ0n) is 17.4. The van der Waals surface area contributed by atoms with Crippen LogP contribution in [0.1, 0.15) is 30.5 Å². The van der Waals surface area contributed by atoms with Gasteiger partial charge in [0.1, 0.15) is 5.75 Å². The number of methoxy groups -OCH3 is 1. The number of carbonyl (C=O) groups excluding carboxylic acids is 1. The van der Waals surface area contributed by atoms with Crippen molar-refractivity contribution >= 4 is 39.8 Å². The van der Waals surface area contributed by atoms with Gasteiger partial charge < -0.3 is 15.4 Å². The van der Waals surface area contributed by atoms with Crippen LogP contribution in [0.2, 0.25) is 0 Å².